The van der Waals surface area contributed by atoms with Gasteiger partial charge in [-0.15, -0.1) is 0 Å². The standard InChI is InChI=1S/C15H16N2O4/c1-8-12(13-10(18)3-2-4-11(13)20-8)15-16-14(17-21-15)9-5-6-19-7-9/h9H,2-7H2,1H3/t9-/m0/s1. The highest BCUT2D eigenvalue weighted by atomic mass is 16.5. The van der Waals surface area contributed by atoms with Crippen LogP contribution in [0.4, 0.5) is 0 Å². The lowest BCUT2D eigenvalue weighted by Gasteiger charge is -2.08. The van der Waals surface area contributed by atoms with Gasteiger partial charge in [-0.1, -0.05) is 5.16 Å². The number of fused-ring (bicyclic) bond motifs is 1. The Morgan fingerprint density at radius 2 is 2.14 bits per heavy atom. The van der Waals surface area contributed by atoms with E-state index in [1.54, 1.807) is 0 Å². The molecule has 2 aromatic rings. The highest BCUT2D eigenvalue weighted by Gasteiger charge is 2.31. The third-order valence-corrected chi connectivity index (χ3v) is 4.19. The van der Waals surface area contributed by atoms with Gasteiger partial charge in [0.1, 0.15) is 11.5 Å². The number of hydrogen-bond donors (Lipinski definition) is 0. The van der Waals surface area contributed by atoms with E-state index >= 15 is 0 Å². The zero-order valence-electron chi connectivity index (χ0n) is 11.8. The molecule has 21 heavy (non-hydrogen) atoms. The molecule has 0 saturated carbocycles. The molecule has 2 aliphatic rings. The summed E-state index contributed by atoms with van der Waals surface area (Å²) in [5.74, 6) is 2.75. The first-order chi connectivity index (χ1) is 10.2. The van der Waals surface area contributed by atoms with E-state index in [9.17, 15) is 4.79 Å². The van der Waals surface area contributed by atoms with Crippen molar-refractivity contribution in [3.8, 4) is 11.5 Å². The Bertz CT molecular complexity index is 695. The van der Waals surface area contributed by atoms with Gasteiger partial charge < -0.3 is 13.7 Å². The number of ketones is 1. The van der Waals surface area contributed by atoms with Crippen molar-refractivity contribution < 1.29 is 18.5 Å². The number of aryl methyl sites for hydroxylation is 2. The second-order valence-corrected chi connectivity index (χ2v) is 5.63. The number of nitrogens with zero attached hydrogens (tertiary/aromatic N) is 2. The SMILES string of the molecule is Cc1oc2c(c1-c1nc([C@H]3CCOC3)no1)C(=O)CCC2. The van der Waals surface area contributed by atoms with E-state index in [0.29, 0.717) is 41.6 Å². The molecule has 1 fully saturated rings. The van der Waals surface area contributed by atoms with Crippen molar-refractivity contribution in [3.63, 3.8) is 0 Å². The van der Waals surface area contributed by atoms with Gasteiger partial charge in [0, 0.05) is 25.4 Å². The van der Waals surface area contributed by atoms with Crippen molar-refractivity contribution in [1.82, 2.24) is 10.1 Å². The van der Waals surface area contributed by atoms with Crippen molar-refractivity contribution in [1.29, 1.82) is 0 Å². The minimum Gasteiger partial charge on any atom is -0.465 e. The normalized spacial score (nSPS) is 21.8. The Morgan fingerprint density at radius 1 is 1.24 bits per heavy atom. The van der Waals surface area contributed by atoms with Crippen LogP contribution in [0.2, 0.25) is 0 Å². The van der Waals surface area contributed by atoms with Crippen molar-refractivity contribution in [2.45, 2.75) is 38.5 Å². The summed E-state index contributed by atoms with van der Waals surface area (Å²) in [7, 11) is 0. The summed E-state index contributed by atoms with van der Waals surface area (Å²) in [6, 6.07) is 0. The maximum atomic E-state index is 12.2. The molecule has 6 heteroatoms. The Kier molecular flexibility index (Phi) is 2.92. The highest BCUT2D eigenvalue weighted by Crippen LogP contribution is 2.36. The first-order valence-corrected chi connectivity index (χ1v) is 7.31. The lowest BCUT2D eigenvalue weighted by atomic mass is 9.93. The lowest BCUT2D eigenvalue weighted by Crippen LogP contribution is -2.09. The van der Waals surface area contributed by atoms with Gasteiger partial charge in [0.2, 0.25) is 0 Å². The third kappa shape index (κ3) is 2.01. The predicted molar refractivity (Wildman–Crippen MR) is 72.2 cm³/mol. The van der Waals surface area contributed by atoms with Crippen LogP contribution in [0.1, 0.15) is 52.9 Å². The lowest BCUT2D eigenvalue weighted by molar-refractivity contribution is 0.0969. The molecule has 1 aliphatic heterocycles. The van der Waals surface area contributed by atoms with Crippen LogP contribution in [0.25, 0.3) is 11.5 Å². The van der Waals surface area contributed by atoms with Gasteiger partial charge in [0.05, 0.1) is 17.7 Å². The Labute approximate surface area is 121 Å². The summed E-state index contributed by atoms with van der Waals surface area (Å²) in [5.41, 5.74) is 1.31. The number of ether oxygens (including phenoxy) is 1. The van der Waals surface area contributed by atoms with Gasteiger partial charge in [0.25, 0.3) is 5.89 Å². The van der Waals surface area contributed by atoms with Gasteiger partial charge in [-0.2, -0.15) is 4.98 Å². The number of rotatable bonds is 2. The molecule has 0 unspecified atom stereocenters. The summed E-state index contributed by atoms with van der Waals surface area (Å²) in [4.78, 5) is 16.7. The van der Waals surface area contributed by atoms with Gasteiger partial charge in [-0.3, -0.25) is 4.79 Å². The number of Topliss-reactive ketones (excluding diaryl/α,β-unsaturated/α-hetero) is 1. The van der Waals surface area contributed by atoms with Crippen molar-refractivity contribution >= 4 is 5.78 Å². The number of carbonyl (C=O) groups is 1. The van der Waals surface area contributed by atoms with Crippen LogP contribution >= 0.6 is 0 Å². The van der Waals surface area contributed by atoms with E-state index in [4.69, 9.17) is 13.7 Å². The molecule has 0 amide bonds. The molecular formula is C15H16N2O4. The van der Waals surface area contributed by atoms with Crippen LogP contribution in [0, 0.1) is 6.92 Å². The van der Waals surface area contributed by atoms with Crippen LogP contribution in [0.5, 0.6) is 0 Å². The maximum Gasteiger partial charge on any atom is 0.262 e. The van der Waals surface area contributed by atoms with Gasteiger partial charge in [-0.05, 0) is 19.8 Å². The van der Waals surface area contributed by atoms with Crippen LogP contribution < -0.4 is 0 Å². The van der Waals surface area contributed by atoms with E-state index < -0.39 is 0 Å². The van der Waals surface area contributed by atoms with E-state index in [1.807, 2.05) is 6.92 Å². The summed E-state index contributed by atoms with van der Waals surface area (Å²) in [6.07, 6.45) is 3.09. The fourth-order valence-corrected chi connectivity index (χ4v) is 3.11. The summed E-state index contributed by atoms with van der Waals surface area (Å²) in [6.45, 7) is 3.19. The molecule has 2 aromatic heterocycles. The molecule has 3 heterocycles. The van der Waals surface area contributed by atoms with Crippen molar-refractivity contribution in [2.75, 3.05) is 13.2 Å². The molecule has 1 aliphatic carbocycles. The first-order valence-electron chi connectivity index (χ1n) is 7.31. The topological polar surface area (TPSA) is 78.4 Å². The monoisotopic (exact) mass is 288 g/mol. The fraction of sp³-hybridized carbons (Fsp3) is 0.533. The highest BCUT2D eigenvalue weighted by molar-refractivity contribution is 6.03. The first kappa shape index (κ1) is 12.8. The molecule has 0 bridgehead atoms. The van der Waals surface area contributed by atoms with Crippen molar-refractivity contribution in [3.05, 3.63) is 22.9 Å². The molecule has 0 radical (unpaired) electrons. The average Bonchev–Trinajstić information content (AvgIpc) is 3.16. The molecule has 0 aromatic carbocycles. The second-order valence-electron chi connectivity index (χ2n) is 5.63. The third-order valence-electron chi connectivity index (χ3n) is 4.19. The van der Waals surface area contributed by atoms with Crippen LogP contribution in [-0.4, -0.2) is 29.1 Å². The van der Waals surface area contributed by atoms with Gasteiger partial charge >= 0.3 is 0 Å². The second kappa shape index (κ2) is 4.80. The molecule has 6 nitrogen and oxygen atoms in total. The van der Waals surface area contributed by atoms with E-state index in [0.717, 1.165) is 31.6 Å². The minimum absolute atomic E-state index is 0.104. The molecule has 110 valence electrons. The molecule has 4 rings (SSSR count). The quantitative estimate of drug-likeness (QED) is 0.845. The average molecular weight is 288 g/mol. The van der Waals surface area contributed by atoms with E-state index in [1.165, 1.54) is 0 Å². The Hall–Kier alpha value is -1.95. The molecular weight excluding hydrogens is 272 g/mol. The minimum atomic E-state index is 0.104. The fourth-order valence-electron chi connectivity index (χ4n) is 3.11. The Balaban J connectivity index is 1.76. The number of furan rings is 1. The summed E-state index contributed by atoms with van der Waals surface area (Å²) < 4.78 is 16.5. The molecule has 1 atom stereocenters. The number of carbonyl (C=O) groups excluding carboxylic acids is 1. The maximum absolute atomic E-state index is 12.2. The largest absolute Gasteiger partial charge is 0.465 e. The summed E-state index contributed by atoms with van der Waals surface area (Å²) >= 11 is 0. The van der Waals surface area contributed by atoms with Crippen LogP contribution in [-0.2, 0) is 11.2 Å². The molecule has 0 N–H and O–H groups in total. The van der Waals surface area contributed by atoms with Crippen LogP contribution in [0.3, 0.4) is 0 Å². The predicted octanol–water partition coefficient (Wildman–Crippen LogP) is 2.66. The Morgan fingerprint density at radius 3 is 2.95 bits per heavy atom. The smallest absolute Gasteiger partial charge is 0.262 e. The van der Waals surface area contributed by atoms with E-state index in [2.05, 4.69) is 10.1 Å². The zero-order valence-corrected chi connectivity index (χ0v) is 11.8. The van der Waals surface area contributed by atoms with Gasteiger partial charge in [0.15, 0.2) is 11.6 Å². The zero-order chi connectivity index (χ0) is 14.4. The van der Waals surface area contributed by atoms with Crippen LogP contribution in [0.15, 0.2) is 8.94 Å². The number of hydrogen-bond acceptors (Lipinski definition) is 6. The van der Waals surface area contributed by atoms with Crippen molar-refractivity contribution in [2.24, 2.45) is 0 Å². The van der Waals surface area contributed by atoms with Gasteiger partial charge in [-0.25, -0.2) is 0 Å². The molecule has 0 spiro atoms. The van der Waals surface area contributed by atoms with E-state index in [-0.39, 0.29) is 11.7 Å². The molecule has 1 saturated heterocycles. The summed E-state index contributed by atoms with van der Waals surface area (Å²) in [5, 5.41) is 4.05. The number of aromatic nitrogens is 2.